The molecule has 22 heavy (non-hydrogen) atoms. The van der Waals surface area contributed by atoms with Gasteiger partial charge in [0.2, 0.25) is 0 Å². The van der Waals surface area contributed by atoms with E-state index < -0.39 is 5.82 Å². The van der Waals surface area contributed by atoms with E-state index in [-0.39, 0.29) is 5.82 Å². The topological polar surface area (TPSA) is 41.0 Å². The van der Waals surface area contributed by atoms with E-state index in [1.807, 2.05) is 6.07 Å². The summed E-state index contributed by atoms with van der Waals surface area (Å²) in [5, 5.41) is 3.37. The maximum atomic E-state index is 13.7. The van der Waals surface area contributed by atoms with Crippen LogP contribution in [0.3, 0.4) is 0 Å². The van der Waals surface area contributed by atoms with Crippen molar-refractivity contribution in [1.29, 1.82) is 0 Å². The standard InChI is InChI=1S/C16H18F2N4/c17-13-1-2-15(18)12(9-13)10-22-7-4-14(5-8-22)21-16-3-6-19-11-20-16/h1-3,6,9,11,14H,4-5,7-8,10H2,(H,19,20,21). The normalized spacial score (nSPS) is 16.6. The lowest BCUT2D eigenvalue weighted by Gasteiger charge is -2.32. The molecule has 0 radical (unpaired) electrons. The zero-order chi connectivity index (χ0) is 15.4. The number of nitrogens with one attached hydrogen (secondary N) is 1. The molecular weight excluding hydrogens is 286 g/mol. The summed E-state index contributed by atoms with van der Waals surface area (Å²) in [5.74, 6) is 0.0870. The summed E-state index contributed by atoms with van der Waals surface area (Å²) < 4.78 is 26.9. The molecule has 3 rings (SSSR count). The Kier molecular flexibility index (Phi) is 4.58. The molecule has 1 aliphatic rings. The lowest BCUT2D eigenvalue weighted by molar-refractivity contribution is 0.208. The highest BCUT2D eigenvalue weighted by Crippen LogP contribution is 2.18. The average molecular weight is 304 g/mol. The molecule has 1 N–H and O–H groups in total. The molecule has 4 nitrogen and oxygen atoms in total. The number of nitrogens with zero attached hydrogens (tertiary/aromatic N) is 3. The minimum Gasteiger partial charge on any atom is -0.367 e. The summed E-state index contributed by atoms with van der Waals surface area (Å²) in [6.45, 7) is 2.14. The molecule has 0 spiro atoms. The summed E-state index contributed by atoms with van der Waals surface area (Å²) in [7, 11) is 0. The largest absolute Gasteiger partial charge is 0.367 e. The Balaban J connectivity index is 1.52. The van der Waals surface area contributed by atoms with E-state index in [1.165, 1.54) is 18.5 Å². The Morgan fingerprint density at radius 3 is 2.73 bits per heavy atom. The number of aromatic nitrogens is 2. The van der Waals surface area contributed by atoms with Crippen molar-refractivity contribution < 1.29 is 8.78 Å². The molecule has 2 heterocycles. The molecule has 1 saturated heterocycles. The van der Waals surface area contributed by atoms with Crippen LogP contribution in [0.1, 0.15) is 18.4 Å². The minimum atomic E-state index is -0.392. The van der Waals surface area contributed by atoms with E-state index >= 15 is 0 Å². The van der Waals surface area contributed by atoms with Crippen molar-refractivity contribution in [3.8, 4) is 0 Å². The maximum Gasteiger partial charge on any atom is 0.129 e. The second-order valence-electron chi connectivity index (χ2n) is 5.53. The molecule has 1 aliphatic heterocycles. The van der Waals surface area contributed by atoms with Gasteiger partial charge in [0.05, 0.1) is 0 Å². The van der Waals surface area contributed by atoms with Crippen LogP contribution in [0.2, 0.25) is 0 Å². The van der Waals surface area contributed by atoms with Crippen LogP contribution >= 0.6 is 0 Å². The smallest absolute Gasteiger partial charge is 0.129 e. The predicted molar refractivity (Wildman–Crippen MR) is 80.3 cm³/mol. The number of hydrogen-bond donors (Lipinski definition) is 1. The Morgan fingerprint density at radius 2 is 2.00 bits per heavy atom. The van der Waals surface area contributed by atoms with E-state index in [0.717, 1.165) is 37.8 Å². The van der Waals surface area contributed by atoms with Crippen LogP contribution in [0.5, 0.6) is 0 Å². The van der Waals surface area contributed by atoms with E-state index in [9.17, 15) is 8.78 Å². The van der Waals surface area contributed by atoms with Gasteiger partial charge in [-0.2, -0.15) is 0 Å². The van der Waals surface area contributed by atoms with E-state index in [1.54, 1.807) is 6.20 Å². The molecule has 0 bridgehead atoms. The van der Waals surface area contributed by atoms with Gasteiger partial charge in [-0.15, -0.1) is 0 Å². The first-order valence-corrected chi connectivity index (χ1v) is 7.39. The molecule has 1 aromatic carbocycles. The van der Waals surface area contributed by atoms with Crippen LogP contribution in [0.25, 0.3) is 0 Å². The van der Waals surface area contributed by atoms with E-state index in [0.29, 0.717) is 18.2 Å². The first kappa shape index (κ1) is 14.8. The summed E-state index contributed by atoms with van der Waals surface area (Å²) in [5.41, 5.74) is 0.419. The van der Waals surface area contributed by atoms with Gasteiger partial charge in [0.15, 0.2) is 0 Å². The van der Waals surface area contributed by atoms with Gasteiger partial charge in [0.25, 0.3) is 0 Å². The number of benzene rings is 1. The molecule has 0 unspecified atom stereocenters. The number of rotatable bonds is 4. The fraction of sp³-hybridized carbons (Fsp3) is 0.375. The number of hydrogen-bond acceptors (Lipinski definition) is 4. The van der Waals surface area contributed by atoms with Crippen LogP contribution in [-0.2, 0) is 6.54 Å². The van der Waals surface area contributed by atoms with Crippen LogP contribution in [0.4, 0.5) is 14.6 Å². The van der Waals surface area contributed by atoms with Crippen molar-refractivity contribution in [3.63, 3.8) is 0 Å². The molecule has 0 saturated carbocycles. The molecular formula is C16H18F2N4. The summed E-state index contributed by atoms with van der Waals surface area (Å²) >= 11 is 0. The van der Waals surface area contributed by atoms with Gasteiger partial charge in [0.1, 0.15) is 23.8 Å². The van der Waals surface area contributed by atoms with Gasteiger partial charge in [-0.05, 0) is 37.1 Å². The molecule has 0 atom stereocenters. The van der Waals surface area contributed by atoms with Gasteiger partial charge in [0, 0.05) is 37.4 Å². The fourth-order valence-electron chi connectivity index (χ4n) is 2.73. The van der Waals surface area contributed by atoms with Gasteiger partial charge in [-0.3, -0.25) is 4.90 Å². The molecule has 2 aromatic rings. The maximum absolute atomic E-state index is 13.7. The first-order valence-electron chi connectivity index (χ1n) is 7.39. The van der Waals surface area contributed by atoms with Crippen molar-refractivity contribution in [1.82, 2.24) is 14.9 Å². The number of halogens is 2. The Hall–Kier alpha value is -2.08. The van der Waals surface area contributed by atoms with E-state index in [2.05, 4.69) is 20.2 Å². The van der Waals surface area contributed by atoms with Crippen molar-refractivity contribution in [2.24, 2.45) is 0 Å². The van der Waals surface area contributed by atoms with Crippen LogP contribution in [-0.4, -0.2) is 34.0 Å². The highest BCUT2D eigenvalue weighted by atomic mass is 19.1. The second kappa shape index (κ2) is 6.79. The van der Waals surface area contributed by atoms with Crippen LogP contribution < -0.4 is 5.32 Å². The first-order chi connectivity index (χ1) is 10.7. The third-order valence-electron chi connectivity index (χ3n) is 3.92. The molecule has 0 aliphatic carbocycles. The monoisotopic (exact) mass is 304 g/mol. The third kappa shape index (κ3) is 3.76. The molecule has 6 heteroatoms. The highest BCUT2D eigenvalue weighted by Gasteiger charge is 2.20. The molecule has 0 amide bonds. The molecule has 1 aromatic heterocycles. The summed E-state index contributed by atoms with van der Waals surface area (Å²) in [4.78, 5) is 10.2. The van der Waals surface area contributed by atoms with Gasteiger partial charge in [-0.25, -0.2) is 18.7 Å². The summed E-state index contributed by atoms with van der Waals surface area (Å²) in [6, 6.07) is 5.81. The van der Waals surface area contributed by atoms with Gasteiger partial charge < -0.3 is 5.32 Å². The lowest BCUT2D eigenvalue weighted by Crippen LogP contribution is -2.39. The number of likely N-dealkylation sites (tertiary alicyclic amines) is 1. The van der Waals surface area contributed by atoms with E-state index in [4.69, 9.17) is 0 Å². The molecule has 116 valence electrons. The van der Waals surface area contributed by atoms with Crippen LogP contribution in [0, 0.1) is 11.6 Å². The number of piperidine rings is 1. The second-order valence-corrected chi connectivity index (χ2v) is 5.53. The quantitative estimate of drug-likeness (QED) is 0.943. The zero-order valence-corrected chi connectivity index (χ0v) is 12.2. The van der Waals surface area contributed by atoms with Gasteiger partial charge >= 0.3 is 0 Å². The highest BCUT2D eigenvalue weighted by molar-refractivity contribution is 5.33. The third-order valence-corrected chi connectivity index (χ3v) is 3.92. The van der Waals surface area contributed by atoms with Gasteiger partial charge in [-0.1, -0.05) is 0 Å². The zero-order valence-electron chi connectivity index (χ0n) is 12.2. The van der Waals surface area contributed by atoms with Crippen molar-refractivity contribution in [2.75, 3.05) is 18.4 Å². The average Bonchev–Trinajstić information content (AvgIpc) is 2.54. The SMILES string of the molecule is Fc1ccc(F)c(CN2CCC(Nc3ccncn3)CC2)c1. The number of anilines is 1. The molecule has 1 fully saturated rings. The lowest BCUT2D eigenvalue weighted by atomic mass is 10.0. The Bertz CT molecular complexity index is 613. The summed E-state index contributed by atoms with van der Waals surface area (Å²) in [6.07, 6.45) is 5.11. The Morgan fingerprint density at radius 1 is 1.18 bits per heavy atom. The van der Waals surface area contributed by atoms with Crippen LogP contribution in [0.15, 0.2) is 36.8 Å². The predicted octanol–water partition coefficient (Wildman–Crippen LogP) is 2.83. The van der Waals surface area contributed by atoms with Crippen molar-refractivity contribution >= 4 is 5.82 Å². The van der Waals surface area contributed by atoms with Crippen molar-refractivity contribution in [3.05, 3.63) is 54.0 Å². The van der Waals surface area contributed by atoms with Crippen molar-refractivity contribution in [2.45, 2.75) is 25.4 Å². The minimum absolute atomic E-state index is 0.345. The fourth-order valence-corrected chi connectivity index (χ4v) is 2.73. The Labute approximate surface area is 128 Å².